The molecule has 2 aromatic heterocycles. The van der Waals surface area contributed by atoms with Crippen LogP contribution >= 0.6 is 0 Å². The third-order valence-corrected chi connectivity index (χ3v) is 4.83. The van der Waals surface area contributed by atoms with Crippen LogP contribution in [0.3, 0.4) is 0 Å². The molecule has 7 heteroatoms. The number of hydrogen-bond donors (Lipinski definition) is 0. The zero-order valence-corrected chi connectivity index (χ0v) is 15.8. The molecule has 1 aromatic carbocycles. The Labute approximate surface area is 158 Å². The Balaban J connectivity index is 1.60. The molecule has 0 aliphatic carbocycles. The van der Waals surface area contributed by atoms with E-state index >= 15 is 0 Å². The van der Waals surface area contributed by atoms with Gasteiger partial charge in [0.25, 0.3) is 0 Å². The molecule has 0 saturated heterocycles. The first-order chi connectivity index (χ1) is 13.1. The van der Waals surface area contributed by atoms with Gasteiger partial charge in [0.05, 0.1) is 11.4 Å². The fourth-order valence-electron chi connectivity index (χ4n) is 3.27. The molecular weight excluding hydrogens is 342 g/mol. The third-order valence-electron chi connectivity index (χ3n) is 4.83. The highest BCUT2D eigenvalue weighted by atomic mass is 16.6. The number of hydrogen-bond acceptors (Lipinski definition) is 6. The summed E-state index contributed by atoms with van der Waals surface area (Å²) in [6.45, 7) is 4.06. The molecule has 1 aliphatic rings. The monoisotopic (exact) mass is 365 g/mol. The number of rotatable bonds is 5. The van der Waals surface area contributed by atoms with Crippen molar-refractivity contribution >= 4 is 0 Å². The van der Waals surface area contributed by atoms with E-state index in [4.69, 9.17) is 9.47 Å². The first kappa shape index (κ1) is 17.5. The molecule has 140 valence electrons. The SMILES string of the molecule is C[C@H](c1ccncn1)N(C)Cc1cn(C)nc1-c1ccc2c(c1)OCCO2. The van der Waals surface area contributed by atoms with Crippen LogP contribution in [0.2, 0.25) is 0 Å². The molecule has 3 heterocycles. The van der Waals surface area contributed by atoms with Gasteiger partial charge in [0, 0.05) is 43.2 Å². The van der Waals surface area contributed by atoms with Crippen LogP contribution in [-0.4, -0.2) is 44.9 Å². The van der Waals surface area contributed by atoms with Crippen molar-refractivity contribution in [2.24, 2.45) is 7.05 Å². The van der Waals surface area contributed by atoms with Crippen LogP contribution in [0.25, 0.3) is 11.3 Å². The van der Waals surface area contributed by atoms with Crippen molar-refractivity contribution in [3.8, 4) is 22.8 Å². The molecular formula is C20H23N5O2. The van der Waals surface area contributed by atoms with Crippen molar-refractivity contribution < 1.29 is 9.47 Å². The van der Waals surface area contributed by atoms with Gasteiger partial charge in [0.1, 0.15) is 19.5 Å². The predicted molar refractivity (Wildman–Crippen MR) is 102 cm³/mol. The molecule has 1 atom stereocenters. The van der Waals surface area contributed by atoms with Crippen molar-refractivity contribution in [2.45, 2.75) is 19.5 Å². The summed E-state index contributed by atoms with van der Waals surface area (Å²) >= 11 is 0. The zero-order valence-electron chi connectivity index (χ0n) is 15.8. The minimum atomic E-state index is 0.168. The van der Waals surface area contributed by atoms with E-state index in [0.717, 1.165) is 40.6 Å². The van der Waals surface area contributed by atoms with Crippen LogP contribution in [-0.2, 0) is 13.6 Å². The Morgan fingerprint density at radius 2 is 2.00 bits per heavy atom. The zero-order chi connectivity index (χ0) is 18.8. The van der Waals surface area contributed by atoms with Crippen LogP contribution in [0.5, 0.6) is 11.5 Å². The lowest BCUT2D eigenvalue weighted by atomic mass is 10.1. The molecule has 0 saturated carbocycles. The summed E-state index contributed by atoms with van der Waals surface area (Å²) in [6, 6.07) is 8.12. The van der Waals surface area contributed by atoms with Gasteiger partial charge < -0.3 is 9.47 Å². The molecule has 0 bridgehead atoms. The topological polar surface area (TPSA) is 65.3 Å². The van der Waals surface area contributed by atoms with E-state index in [1.807, 2.05) is 36.0 Å². The second-order valence-corrected chi connectivity index (χ2v) is 6.76. The number of benzene rings is 1. The van der Waals surface area contributed by atoms with Crippen LogP contribution in [0.4, 0.5) is 0 Å². The van der Waals surface area contributed by atoms with Crippen LogP contribution in [0.1, 0.15) is 24.2 Å². The number of aromatic nitrogens is 4. The molecule has 0 radical (unpaired) electrons. The smallest absolute Gasteiger partial charge is 0.162 e. The molecule has 3 aromatic rings. The van der Waals surface area contributed by atoms with E-state index < -0.39 is 0 Å². The minimum absolute atomic E-state index is 0.168. The maximum Gasteiger partial charge on any atom is 0.162 e. The standard InChI is InChI=1S/C20H23N5O2/c1-14(17-6-7-21-13-22-17)24(2)11-16-12-25(3)23-20(16)15-4-5-18-19(10-15)27-9-8-26-18/h4-7,10,12-14H,8-9,11H2,1-3H3/t14-/m1/s1. The van der Waals surface area contributed by atoms with Gasteiger partial charge in [-0.2, -0.15) is 5.10 Å². The molecule has 0 unspecified atom stereocenters. The predicted octanol–water partition coefficient (Wildman–Crippen LogP) is 2.84. The van der Waals surface area contributed by atoms with Gasteiger partial charge in [0.15, 0.2) is 11.5 Å². The van der Waals surface area contributed by atoms with Gasteiger partial charge in [-0.1, -0.05) is 0 Å². The number of fused-ring (bicyclic) bond motifs is 1. The molecule has 0 N–H and O–H groups in total. The van der Waals surface area contributed by atoms with Crippen molar-refractivity contribution in [2.75, 3.05) is 20.3 Å². The van der Waals surface area contributed by atoms with Crippen molar-refractivity contribution in [3.63, 3.8) is 0 Å². The Morgan fingerprint density at radius 3 is 2.78 bits per heavy atom. The lowest BCUT2D eigenvalue weighted by molar-refractivity contribution is 0.171. The molecule has 1 aliphatic heterocycles. The van der Waals surface area contributed by atoms with Crippen molar-refractivity contribution in [1.82, 2.24) is 24.6 Å². The number of aryl methyl sites for hydroxylation is 1. The van der Waals surface area contributed by atoms with Crippen molar-refractivity contribution in [1.29, 1.82) is 0 Å². The van der Waals surface area contributed by atoms with E-state index in [0.29, 0.717) is 13.2 Å². The van der Waals surface area contributed by atoms with Gasteiger partial charge in [0.2, 0.25) is 0 Å². The van der Waals surface area contributed by atoms with Crippen molar-refractivity contribution in [3.05, 3.63) is 54.2 Å². The second kappa shape index (κ2) is 7.36. The van der Waals surface area contributed by atoms with Gasteiger partial charge in [-0.25, -0.2) is 9.97 Å². The van der Waals surface area contributed by atoms with E-state index in [1.165, 1.54) is 0 Å². The summed E-state index contributed by atoms with van der Waals surface area (Å²) in [5, 5.41) is 4.68. The summed E-state index contributed by atoms with van der Waals surface area (Å²) < 4.78 is 13.2. The third kappa shape index (κ3) is 3.64. The maximum atomic E-state index is 5.73. The number of nitrogens with zero attached hydrogens (tertiary/aromatic N) is 5. The fourth-order valence-corrected chi connectivity index (χ4v) is 3.27. The van der Waals surface area contributed by atoms with E-state index in [9.17, 15) is 0 Å². The Morgan fingerprint density at radius 1 is 1.19 bits per heavy atom. The highest BCUT2D eigenvalue weighted by Gasteiger charge is 2.19. The average molecular weight is 365 g/mol. The highest BCUT2D eigenvalue weighted by molar-refractivity contribution is 5.66. The molecule has 0 fully saturated rings. The van der Waals surface area contributed by atoms with Gasteiger partial charge in [-0.05, 0) is 38.2 Å². The second-order valence-electron chi connectivity index (χ2n) is 6.76. The maximum absolute atomic E-state index is 5.73. The Hall–Kier alpha value is -2.93. The minimum Gasteiger partial charge on any atom is -0.486 e. The summed E-state index contributed by atoms with van der Waals surface area (Å²) in [6.07, 6.45) is 5.43. The lowest BCUT2D eigenvalue weighted by Gasteiger charge is -2.24. The molecule has 7 nitrogen and oxygen atoms in total. The first-order valence-electron chi connectivity index (χ1n) is 9.00. The average Bonchev–Trinajstić information content (AvgIpc) is 3.07. The largest absolute Gasteiger partial charge is 0.486 e. The van der Waals surface area contributed by atoms with Gasteiger partial charge >= 0.3 is 0 Å². The van der Waals surface area contributed by atoms with Crippen LogP contribution in [0, 0.1) is 0 Å². The van der Waals surface area contributed by atoms with E-state index in [2.05, 4.69) is 40.1 Å². The molecule has 0 amide bonds. The fraction of sp³-hybridized carbons (Fsp3) is 0.350. The summed E-state index contributed by atoms with van der Waals surface area (Å²) in [7, 11) is 4.03. The van der Waals surface area contributed by atoms with E-state index in [-0.39, 0.29) is 6.04 Å². The highest BCUT2D eigenvalue weighted by Crippen LogP contribution is 2.35. The Bertz CT molecular complexity index is 925. The molecule has 0 spiro atoms. The molecule has 27 heavy (non-hydrogen) atoms. The van der Waals surface area contributed by atoms with E-state index in [1.54, 1.807) is 12.5 Å². The summed E-state index contributed by atoms with van der Waals surface area (Å²) in [5.41, 5.74) is 4.13. The molecule has 4 rings (SSSR count). The Kier molecular flexibility index (Phi) is 4.77. The van der Waals surface area contributed by atoms with Gasteiger partial charge in [-0.3, -0.25) is 9.58 Å². The van der Waals surface area contributed by atoms with Crippen LogP contribution < -0.4 is 9.47 Å². The normalized spacial score (nSPS) is 14.4. The first-order valence-corrected chi connectivity index (χ1v) is 9.00. The summed E-state index contributed by atoms with van der Waals surface area (Å²) in [4.78, 5) is 10.6. The van der Waals surface area contributed by atoms with Crippen LogP contribution in [0.15, 0.2) is 43.0 Å². The quantitative estimate of drug-likeness (QED) is 0.693. The number of ether oxygens (including phenoxy) is 2. The lowest BCUT2D eigenvalue weighted by Crippen LogP contribution is -2.22. The van der Waals surface area contributed by atoms with Gasteiger partial charge in [-0.15, -0.1) is 0 Å². The summed E-state index contributed by atoms with van der Waals surface area (Å²) in [5.74, 6) is 1.56.